The monoisotopic (exact) mass is 220 g/mol. The van der Waals surface area contributed by atoms with Crippen LogP contribution < -0.4 is 11.1 Å². The van der Waals surface area contributed by atoms with E-state index in [2.05, 4.69) is 44.3 Å². The van der Waals surface area contributed by atoms with Crippen molar-refractivity contribution in [3.05, 3.63) is 34.9 Å². The van der Waals surface area contributed by atoms with E-state index < -0.39 is 0 Å². The Kier molecular flexibility index (Phi) is 5.50. The minimum absolute atomic E-state index is 0.568. The predicted molar refractivity (Wildman–Crippen MR) is 70.7 cm³/mol. The minimum atomic E-state index is 0.568. The molecule has 1 aromatic carbocycles. The molecular weight excluding hydrogens is 196 g/mol. The van der Waals surface area contributed by atoms with Crippen LogP contribution in [0.1, 0.15) is 23.6 Å². The summed E-state index contributed by atoms with van der Waals surface area (Å²) in [7, 11) is 0. The van der Waals surface area contributed by atoms with Crippen molar-refractivity contribution in [3.63, 3.8) is 0 Å². The molecule has 0 amide bonds. The van der Waals surface area contributed by atoms with Crippen molar-refractivity contribution in [1.82, 2.24) is 5.32 Å². The fourth-order valence-corrected chi connectivity index (χ4v) is 1.72. The summed E-state index contributed by atoms with van der Waals surface area (Å²) in [5.74, 6) is 0.568. The molecule has 0 spiro atoms. The van der Waals surface area contributed by atoms with E-state index in [9.17, 15) is 0 Å². The number of aryl methyl sites for hydroxylation is 2. The Morgan fingerprint density at radius 3 is 2.75 bits per heavy atom. The quantitative estimate of drug-likeness (QED) is 0.720. The first-order valence-corrected chi connectivity index (χ1v) is 6.10. The third-order valence-electron chi connectivity index (χ3n) is 2.97. The minimum Gasteiger partial charge on any atom is -0.330 e. The fraction of sp³-hybridized carbons (Fsp3) is 0.571. The first-order valence-electron chi connectivity index (χ1n) is 6.10. The largest absolute Gasteiger partial charge is 0.330 e. The summed E-state index contributed by atoms with van der Waals surface area (Å²) in [5.41, 5.74) is 9.75. The zero-order chi connectivity index (χ0) is 12.0. The average molecular weight is 220 g/mol. The van der Waals surface area contributed by atoms with Gasteiger partial charge in [-0.2, -0.15) is 0 Å². The maximum absolute atomic E-state index is 5.57. The Morgan fingerprint density at radius 2 is 2.06 bits per heavy atom. The summed E-state index contributed by atoms with van der Waals surface area (Å²) in [6, 6.07) is 6.65. The Morgan fingerprint density at radius 1 is 1.31 bits per heavy atom. The molecule has 0 aliphatic carbocycles. The highest BCUT2D eigenvalue weighted by Crippen LogP contribution is 2.10. The van der Waals surface area contributed by atoms with Gasteiger partial charge in [0, 0.05) is 0 Å². The molecule has 0 saturated carbocycles. The zero-order valence-electron chi connectivity index (χ0n) is 10.7. The van der Waals surface area contributed by atoms with E-state index in [0.29, 0.717) is 5.92 Å². The van der Waals surface area contributed by atoms with Gasteiger partial charge >= 0.3 is 0 Å². The smallest absolute Gasteiger partial charge is 0.000813 e. The van der Waals surface area contributed by atoms with Crippen LogP contribution in [-0.4, -0.2) is 19.6 Å². The van der Waals surface area contributed by atoms with Gasteiger partial charge in [0.2, 0.25) is 0 Å². The zero-order valence-corrected chi connectivity index (χ0v) is 10.7. The molecule has 3 N–H and O–H groups in total. The topological polar surface area (TPSA) is 38.0 Å². The highest BCUT2D eigenvalue weighted by molar-refractivity contribution is 5.30. The maximum Gasteiger partial charge on any atom is -0.000813 e. The Hall–Kier alpha value is -0.860. The normalized spacial score (nSPS) is 12.8. The van der Waals surface area contributed by atoms with Gasteiger partial charge in [0.25, 0.3) is 0 Å². The summed E-state index contributed by atoms with van der Waals surface area (Å²) in [5, 5.41) is 3.45. The fourth-order valence-electron chi connectivity index (χ4n) is 1.72. The number of nitrogens with two attached hydrogens (primary N) is 1. The van der Waals surface area contributed by atoms with Crippen LogP contribution in [-0.2, 0) is 6.42 Å². The van der Waals surface area contributed by atoms with E-state index in [1.165, 1.54) is 16.7 Å². The average Bonchev–Trinajstić information content (AvgIpc) is 2.28. The third kappa shape index (κ3) is 4.33. The lowest BCUT2D eigenvalue weighted by molar-refractivity contribution is 0.524. The van der Waals surface area contributed by atoms with E-state index in [1.54, 1.807) is 0 Å². The van der Waals surface area contributed by atoms with E-state index in [4.69, 9.17) is 5.73 Å². The molecule has 0 radical (unpaired) electrons. The molecule has 0 saturated heterocycles. The van der Waals surface area contributed by atoms with Crippen LogP contribution in [0.2, 0.25) is 0 Å². The van der Waals surface area contributed by atoms with Crippen molar-refractivity contribution >= 4 is 0 Å². The van der Waals surface area contributed by atoms with Gasteiger partial charge in [-0.3, -0.25) is 0 Å². The molecule has 0 aliphatic rings. The summed E-state index contributed by atoms with van der Waals surface area (Å²) in [4.78, 5) is 0. The van der Waals surface area contributed by atoms with Crippen molar-refractivity contribution in [2.75, 3.05) is 19.6 Å². The van der Waals surface area contributed by atoms with Crippen LogP contribution in [0.4, 0.5) is 0 Å². The van der Waals surface area contributed by atoms with E-state index in [1.807, 2.05) is 0 Å². The molecule has 2 nitrogen and oxygen atoms in total. The Labute approximate surface area is 99.2 Å². The van der Waals surface area contributed by atoms with Gasteiger partial charge in [-0.1, -0.05) is 30.7 Å². The molecule has 2 heteroatoms. The van der Waals surface area contributed by atoms with Crippen molar-refractivity contribution in [2.45, 2.75) is 27.2 Å². The standard InChI is InChI=1S/C14H24N2/c1-11-4-5-13(3)14(8-11)6-7-16-10-12(2)9-15/h4-5,8,12,16H,6-7,9-10,15H2,1-3H3. The van der Waals surface area contributed by atoms with E-state index in [0.717, 1.165) is 26.1 Å². The van der Waals surface area contributed by atoms with Crippen LogP contribution in [0.15, 0.2) is 18.2 Å². The van der Waals surface area contributed by atoms with Crippen molar-refractivity contribution < 1.29 is 0 Å². The van der Waals surface area contributed by atoms with Crippen LogP contribution in [0.25, 0.3) is 0 Å². The summed E-state index contributed by atoms with van der Waals surface area (Å²) in [6.45, 7) is 9.31. The number of rotatable bonds is 6. The Bertz CT molecular complexity index is 321. The summed E-state index contributed by atoms with van der Waals surface area (Å²) >= 11 is 0. The first-order chi connectivity index (χ1) is 7.63. The van der Waals surface area contributed by atoms with Crippen molar-refractivity contribution in [1.29, 1.82) is 0 Å². The molecule has 0 aromatic heterocycles. The second-order valence-corrected chi connectivity index (χ2v) is 4.72. The number of nitrogens with one attached hydrogen (secondary N) is 1. The van der Waals surface area contributed by atoms with Crippen LogP contribution >= 0.6 is 0 Å². The van der Waals surface area contributed by atoms with Gasteiger partial charge in [0.1, 0.15) is 0 Å². The molecule has 1 unspecified atom stereocenters. The molecule has 90 valence electrons. The number of hydrogen-bond donors (Lipinski definition) is 2. The van der Waals surface area contributed by atoms with Crippen molar-refractivity contribution in [2.24, 2.45) is 11.7 Å². The number of benzene rings is 1. The van der Waals surface area contributed by atoms with Gasteiger partial charge in [0.05, 0.1) is 0 Å². The lowest BCUT2D eigenvalue weighted by Crippen LogP contribution is -2.27. The summed E-state index contributed by atoms with van der Waals surface area (Å²) in [6.07, 6.45) is 1.10. The van der Waals surface area contributed by atoms with Gasteiger partial charge in [-0.05, 0) is 56.9 Å². The predicted octanol–water partition coefficient (Wildman–Crippen LogP) is 2.03. The molecule has 16 heavy (non-hydrogen) atoms. The number of hydrogen-bond acceptors (Lipinski definition) is 2. The molecule has 1 atom stereocenters. The van der Waals surface area contributed by atoms with Gasteiger partial charge in [-0.25, -0.2) is 0 Å². The van der Waals surface area contributed by atoms with E-state index >= 15 is 0 Å². The highest BCUT2D eigenvalue weighted by atomic mass is 14.9. The first kappa shape index (κ1) is 13.2. The van der Waals surface area contributed by atoms with Gasteiger partial charge in [0.15, 0.2) is 0 Å². The molecule has 0 heterocycles. The molecule has 0 fully saturated rings. The SMILES string of the molecule is Cc1ccc(C)c(CCNCC(C)CN)c1. The maximum atomic E-state index is 5.57. The van der Waals surface area contributed by atoms with Crippen LogP contribution in [0.5, 0.6) is 0 Å². The van der Waals surface area contributed by atoms with Crippen molar-refractivity contribution in [3.8, 4) is 0 Å². The molecule has 0 bridgehead atoms. The molecule has 1 rings (SSSR count). The molecule has 1 aromatic rings. The van der Waals surface area contributed by atoms with Crippen LogP contribution in [0.3, 0.4) is 0 Å². The molecular formula is C14H24N2. The third-order valence-corrected chi connectivity index (χ3v) is 2.97. The Balaban J connectivity index is 2.34. The second-order valence-electron chi connectivity index (χ2n) is 4.72. The van der Waals surface area contributed by atoms with Crippen LogP contribution in [0, 0.1) is 19.8 Å². The molecule has 0 aliphatic heterocycles. The lowest BCUT2D eigenvalue weighted by Gasteiger charge is -2.11. The van der Waals surface area contributed by atoms with Gasteiger partial charge < -0.3 is 11.1 Å². The highest BCUT2D eigenvalue weighted by Gasteiger charge is 2.00. The summed E-state index contributed by atoms with van der Waals surface area (Å²) < 4.78 is 0. The van der Waals surface area contributed by atoms with Gasteiger partial charge in [-0.15, -0.1) is 0 Å². The lowest BCUT2D eigenvalue weighted by atomic mass is 10.0. The second kappa shape index (κ2) is 6.66. The van der Waals surface area contributed by atoms with E-state index in [-0.39, 0.29) is 0 Å².